The van der Waals surface area contributed by atoms with E-state index < -0.39 is 16.0 Å². The Labute approximate surface area is 141 Å². The number of benzene rings is 1. The van der Waals surface area contributed by atoms with E-state index in [0.717, 1.165) is 5.56 Å². The van der Waals surface area contributed by atoms with Crippen molar-refractivity contribution in [3.63, 3.8) is 0 Å². The number of likely N-dealkylation sites (N-methyl/N-ethyl adjacent to an activating group) is 1. The van der Waals surface area contributed by atoms with Crippen LogP contribution in [0.5, 0.6) is 0 Å². The molecule has 0 spiro atoms. The number of rotatable bonds is 7. The molecule has 0 aliphatic heterocycles. The van der Waals surface area contributed by atoms with Crippen molar-refractivity contribution in [2.24, 2.45) is 0 Å². The van der Waals surface area contributed by atoms with E-state index >= 15 is 0 Å². The van der Waals surface area contributed by atoms with Crippen LogP contribution in [0.25, 0.3) is 0 Å². The lowest BCUT2D eigenvalue weighted by atomic mass is 9.86. The Morgan fingerprint density at radius 1 is 1.43 bits per heavy atom. The molecule has 23 heavy (non-hydrogen) atoms. The number of aliphatic carboxylic acids is 1. The van der Waals surface area contributed by atoms with Crippen LogP contribution < -0.4 is 4.72 Å². The monoisotopic (exact) mass is 360 g/mol. The summed E-state index contributed by atoms with van der Waals surface area (Å²) in [4.78, 5) is 12.7. The van der Waals surface area contributed by atoms with Gasteiger partial charge in [0.15, 0.2) is 0 Å². The molecule has 8 heteroatoms. The Morgan fingerprint density at radius 3 is 2.65 bits per heavy atom. The molecule has 0 heterocycles. The van der Waals surface area contributed by atoms with Crippen LogP contribution in [-0.4, -0.2) is 49.6 Å². The zero-order valence-corrected chi connectivity index (χ0v) is 14.7. The van der Waals surface area contributed by atoms with Crippen LogP contribution >= 0.6 is 11.6 Å². The third kappa shape index (κ3) is 4.44. The Hall–Kier alpha value is -1.15. The maximum absolute atomic E-state index is 12.4. The summed E-state index contributed by atoms with van der Waals surface area (Å²) in [7, 11) is -3.67. The third-order valence-electron chi connectivity index (χ3n) is 4.07. The molecule has 0 aromatic heterocycles. The first-order chi connectivity index (χ1) is 10.7. The molecular formula is C15H21ClN2O4S. The van der Waals surface area contributed by atoms with E-state index in [1.54, 1.807) is 25.1 Å². The first-order valence-electron chi connectivity index (χ1n) is 7.47. The number of nitrogens with zero attached hydrogens (tertiary/aromatic N) is 1. The van der Waals surface area contributed by atoms with Crippen LogP contribution in [0.3, 0.4) is 0 Å². The highest BCUT2D eigenvalue weighted by Gasteiger charge is 2.36. The van der Waals surface area contributed by atoms with Gasteiger partial charge in [-0.3, -0.25) is 9.69 Å². The number of halogens is 1. The van der Waals surface area contributed by atoms with Crippen LogP contribution in [0, 0.1) is 6.92 Å². The maximum Gasteiger partial charge on any atom is 0.317 e. The summed E-state index contributed by atoms with van der Waals surface area (Å²) in [5, 5.41) is 9.07. The lowest BCUT2D eigenvalue weighted by molar-refractivity contribution is -0.139. The number of hydrogen-bond donors (Lipinski definition) is 2. The molecule has 2 N–H and O–H groups in total. The van der Waals surface area contributed by atoms with Crippen LogP contribution in [-0.2, 0) is 14.8 Å². The van der Waals surface area contributed by atoms with E-state index in [2.05, 4.69) is 4.72 Å². The second-order valence-corrected chi connectivity index (χ2v) is 7.92. The molecule has 1 aliphatic carbocycles. The fraction of sp³-hybridized carbons (Fsp3) is 0.533. The predicted octanol–water partition coefficient (Wildman–Crippen LogP) is 1.86. The minimum Gasteiger partial charge on any atom is -0.480 e. The molecule has 1 saturated carbocycles. The van der Waals surface area contributed by atoms with Gasteiger partial charge in [-0.25, -0.2) is 13.1 Å². The van der Waals surface area contributed by atoms with Gasteiger partial charge >= 0.3 is 5.97 Å². The van der Waals surface area contributed by atoms with Gasteiger partial charge in [-0.2, -0.15) is 0 Å². The summed E-state index contributed by atoms with van der Waals surface area (Å²) in [5.41, 5.74) is 0.819. The number of sulfonamides is 1. The van der Waals surface area contributed by atoms with Gasteiger partial charge in [0.05, 0.1) is 11.6 Å². The minimum absolute atomic E-state index is 0.0235. The van der Waals surface area contributed by atoms with Gasteiger partial charge in [0.1, 0.15) is 4.90 Å². The van der Waals surface area contributed by atoms with Gasteiger partial charge in [0.25, 0.3) is 0 Å². The van der Waals surface area contributed by atoms with E-state index in [4.69, 9.17) is 16.7 Å². The molecular weight excluding hydrogens is 340 g/mol. The molecule has 1 aliphatic rings. The average molecular weight is 361 g/mol. The van der Waals surface area contributed by atoms with E-state index in [1.807, 2.05) is 11.8 Å². The molecule has 0 atom stereocenters. The van der Waals surface area contributed by atoms with Gasteiger partial charge in [0, 0.05) is 12.1 Å². The summed E-state index contributed by atoms with van der Waals surface area (Å²) in [6.45, 7) is 4.30. The molecule has 128 valence electrons. The van der Waals surface area contributed by atoms with Gasteiger partial charge in [-0.05, 0) is 44.0 Å². The van der Waals surface area contributed by atoms with Gasteiger partial charge in [0.2, 0.25) is 10.0 Å². The van der Waals surface area contributed by atoms with Crippen LogP contribution in [0.1, 0.15) is 25.3 Å². The molecule has 1 fully saturated rings. The molecule has 0 amide bonds. The standard InChI is InChI=1S/C15H21ClN2O4S/c1-3-18(9-15(19)20)12-7-11(8-12)17-23(21,22)14-6-10(2)4-5-13(14)16/h4-6,11-12,17H,3,7-9H2,1-2H3,(H,19,20). The fourth-order valence-electron chi connectivity index (χ4n) is 2.75. The summed E-state index contributed by atoms with van der Waals surface area (Å²) in [5.74, 6) is -0.873. The van der Waals surface area contributed by atoms with Crippen molar-refractivity contribution in [3.8, 4) is 0 Å². The lowest BCUT2D eigenvalue weighted by Gasteiger charge is -2.42. The topological polar surface area (TPSA) is 86.7 Å². The average Bonchev–Trinajstić information content (AvgIpc) is 2.42. The quantitative estimate of drug-likeness (QED) is 0.775. The van der Waals surface area contributed by atoms with Crippen molar-refractivity contribution in [2.45, 2.75) is 43.7 Å². The fourth-order valence-corrected chi connectivity index (χ4v) is 4.60. The van der Waals surface area contributed by atoms with Crippen LogP contribution in [0.15, 0.2) is 23.1 Å². The number of nitrogens with one attached hydrogen (secondary N) is 1. The Bertz CT molecular complexity index is 687. The molecule has 0 bridgehead atoms. The highest BCUT2D eigenvalue weighted by Crippen LogP contribution is 2.29. The van der Waals surface area contributed by atoms with Crippen molar-refractivity contribution in [3.05, 3.63) is 28.8 Å². The number of hydrogen-bond acceptors (Lipinski definition) is 4. The maximum atomic E-state index is 12.4. The van der Waals surface area contributed by atoms with E-state index in [9.17, 15) is 13.2 Å². The number of carboxylic acids is 1. The summed E-state index contributed by atoms with van der Waals surface area (Å²) >= 11 is 5.99. The lowest BCUT2D eigenvalue weighted by Crippen LogP contribution is -2.54. The van der Waals surface area contributed by atoms with Gasteiger partial charge in [-0.1, -0.05) is 24.6 Å². The first kappa shape index (κ1) is 18.2. The van der Waals surface area contributed by atoms with Crippen LogP contribution in [0.4, 0.5) is 0 Å². The van der Waals surface area contributed by atoms with Crippen molar-refractivity contribution in [2.75, 3.05) is 13.1 Å². The van der Waals surface area contributed by atoms with E-state index in [0.29, 0.717) is 19.4 Å². The first-order valence-corrected chi connectivity index (χ1v) is 9.33. The Balaban J connectivity index is 1.99. The molecule has 0 saturated heterocycles. The van der Waals surface area contributed by atoms with Crippen molar-refractivity contribution in [1.29, 1.82) is 0 Å². The van der Waals surface area contributed by atoms with Gasteiger partial charge < -0.3 is 5.11 Å². The van der Waals surface area contributed by atoms with Crippen molar-refractivity contribution >= 4 is 27.6 Å². The largest absolute Gasteiger partial charge is 0.480 e. The number of carboxylic acid groups (broad SMARTS) is 1. The highest BCUT2D eigenvalue weighted by atomic mass is 35.5. The number of carbonyl (C=O) groups is 1. The second-order valence-electron chi connectivity index (χ2n) is 5.83. The van der Waals surface area contributed by atoms with Crippen molar-refractivity contribution < 1.29 is 18.3 Å². The molecule has 1 aromatic carbocycles. The van der Waals surface area contributed by atoms with E-state index in [-0.39, 0.29) is 28.5 Å². The molecule has 6 nitrogen and oxygen atoms in total. The normalized spacial score (nSPS) is 21.2. The van der Waals surface area contributed by atoms with Crippen molar-refractivity contribution in [1.82, 2.24) is 9.62 Å². The summed E-state index contributed by atoms with van der Waals surface area (Å²) in [6.07, 6.45) is 1.20. The zero-order chi connectivity index (χ0) is 17.2. The summed E-state index contributed by atoms with van der Waals surface area (Å²) in [6, 6.07) is 4.77. The second kappa shape index (κ2) is 7.17. The molecule has 1 aromatic rings. The molecule has 0 unspecified atom stereocenters. The molecule has 2 rings (SSSR count). The summed E-state index contributed by atoms with van der Waals surface area (Å²) < 4.78 is 27.5. The number of aryl methyl sites for hydroxylation is 1. The SMILES string of the molecule is CCN(CC(=O)O)C1CC(NS(=O)(=O)c2cc(C)ccc2Cl)C1. The Kier molecular flexibility index (Phi) is 5.67. The highest BCUT2D eigenvalue weighted by molar-refractivity contribution is 7.89. The van der Waals surface area contributed by atoms with Gasteiger partial charge in [-0.15, -0.1) is 0 Å². The van der Waals surface area contributed by atoms with E-state index in [1.165, 1.54) is 0 Å². The smallest absolute Gasteiger partial charge is 0.317 e. The molecule has 0 radical (unpaired) electrons. The zero-order valence-electron chi connectivity index (χ0n) is 13.1. The Morgan fingerprint density at radius 2 is 2.09 bits per heavy atom. The minimum atomic E-state index is -3.67. The third-order valence-corrected chi connectivity index (χ3v) is 6.07. The van der Waals surface area contributed by atoms with Crippen LogP contribution in [0.2, 0.25) is 5.02 Å². The predicted molar refractivity (Wildman–Crippen MR) is 88.2 cm³/mol.